The summed E-state index contributed by atoms with van der Waals surface area (Å²) in [7, 11) is 0. The molecular formula is C17H25NO. The van der Waals surface area contributed by atoms with Crippen LogP contribution >= 0.6 is 0 Å². The van der Waals surface area contributed by atoms with Crippen molar-refractivity contribution in [1.29, 1.82) is 0 Å². The molecule has 1 aliphatic heterocycles. The fourth-order valence-corrected chi connectivity index (χ4v) is 2.70. The zero-order chi connectivity index (χ0) is 14.0. The second-order valence-electron chi connectivity index (χ2n) is 6.40. The first-order valence-electron chi connectivity index (χ1n) is 7.28. The van der Waals surface area contributed by atoms with Gasteiger partial charge in [0, 0.05) is 13.0 Å². The van der Waals surface area contributed by atoms with E-state index in [0.29, 0.717) is 11.7 Å². The minimum atomic E-state index is -0.311. The molecule has 1 aliphatic rings. The lowest BCUT2D eigenvalue weighted by atomic mass is 9.88. The van der Waals surface area contributed by atoms with E-state index in [2.05, 4.69) is 56.9 Å². The lowest BCUT2D eigenvalue weighted by Gasteiger charge is -2.41. The van der Waals surface area contributed by atoms with E-state index < -0.39 is 0 Å². The number of ketones is 1. The number of likely N-dealkylation sites (tertiary alicyclic amines) is 1. The summed E-state index contributed by atoms with van der Waals surface area (Å²) in [6, 6.07) is 8.81. The van der Waals surface area contributed by atoms with Crippen LogP contribution in [0.25, 0.3) is 0 Å². The Bertz CT molecular complexity index is 445. The van der Waals surface area contributed by atoms with Crippen LogP contribution in [-0.4, -0.2) is 22.8 Å². The first kappa shape index (κ1) is 14.3. The molecule has 0 aromatic heterocycles. The molecule has 0 spiro atoms. The van der Waals surface area contributed by atoms with E-state index in [-0.39, 0.29) is 5.54 Å². The monoisotopic (exact) mass is 259 g/mol. The number of rotatable bonds is 3. The third kappa shape index (κ3) is 3.06. The van der Waals surface area contributed by atoms with Crippen LogP contribution in [0.3, 0.4) is 0 Å². The predicted octanol–water partition coefficient (Wildman–Crippen LogP) is 3.75. The van der Waals surface area contributed by atoms with Gasteiger partial charge in [0.1, 0.15) is 0 Å². The number of hydrogen-bond donors (Lipinski definition) is 0. The normalized spacial score (nSPS) is 19.9. The standard InChI is InChI=1S/C17H25NO/c1-13(2)15-9-7-14(8-10-15)12-18-11-5-6-16(19)17(18,3)4/h7-10,13H,5-6,11-12H2,1-4H3. The summed E-state index contributed by atoms with van der Waals surface area (Å²) in [6.07, 6.45) is 1.72. The number of benzene rings is 1. The van der Waals surface area contributed by atoms with Crippen molar-refractivity contribution in [2.24, 2.45) is 0 Å². The zero-order valence-electron chi connectivity index (χ0n) is 12.6. The highest BCUT2D eigenvalue weighted by Gasteiger charge is 2.36. The number of carbonyl (C=O) groups excluding carboxylic acids is 1. The van der Waals surface area contributed by atoms with Crippen molar-refractivity contribution in [1.82, 2.24) is 4.90 Å². The highest BCUT2D eigenvalue weighted by Crippen LogP contribution is 2.26. The maximum atomic E-state index is 12.0. The predicted molar refractivity (Wildman–Crippen MR) is 79.3 cm³/mol. The summed E-state index contributed by atoms with van der Waals surface area (Å²) in [5.74, 6) is 0.944. The van der Waals surface area contributed by atoms with Crippen LogP contribution in [0.5, 0.6) is 0 Å². The fraction of sp³-hybridized carbons (Fsp3) is 0.588. The molecule has 0 bridgehead atoms. The van der Waals surface area contributed by atoms with Gasteiger partial charge >= 0.3 is 0 Å². The van der Waals surface area contributed by atoms with Gasteiger partial charge < -0.3 is 0 Å². The molecule has 1 fully saturated rings. The van der Waals surface area contributed by atoms with E-state index >= 15 is 0 Å². The average Bonchev–Trinajstić information content (AvgIpc) is 2.36. The van der Waals surface area contributed by atoms with Crippen molar-refractivity contribution in [3.8, 4) is 0 Å². The number of hydrogen-bond acceptors (Lipinski definition) is 2. The molecule has 1 aromatic carbocycles. The van der Waals surface area contributed by atoms with Crippen LogP contribution < -0.4 is 0 Å². The Labute approximate surface area is 116 Å². The smallest absolute Gasteiger partial charge is 0.152 e. The van der Waals surface area contributed by atoms with Gasteiger partial charge in [-0.25, -0.2) is 0 Å². The quantitative estimate of drug-likeness (QED) is 0.824. The first-order valence-corrected chi connectivity index (χ1v) is 7.28. The van der Waals surface area contributed by atoms with E-state index in [9.17, 15) is 4.79 Å². The van der Waals surface area contributed by atoms with Crippen LogP contribution in [0.1, 0.15) is 57.6 Å². The molecular weight excluding hydrogens is 234 g/mol. The van der Waals surface area contributed by atoms with Crippen molar-refractivity contribution in [2.75, 3.05) is 6.54 Å². The number of piperidine rings is 1. The summed E-state index contributed by atoms with van der Waals surface area (Å²) in [4.78, 5) is 14.3. The Morgan fingerprint density at radius 1 is 1.21 bits per heavy atom. The van der Waals surface area contributed by atoms with Gasteiger partial charge in [-0.1, -0.05) is 38.1 Å². The molecule has 0 unspecified atom stereocenters. The lowest BCUT2D eigenvalue weighted by molar-refractivity contribution is -0.133. The van der Waals surface area contributed by atoms with Gasteiger partial charge in [0.2, 0.25) is 0 Å². The van der Waals surface area contributed by atoms with Crippen LogP contribution in [0, 0.1) is 0 Å². The maximum absolute atomic E-state index is 12.0. The maximum Gasteiger partial charge on any atom is 0.152 e. The Kier molecular flexibility index (Phi) is 4.10. The minimum absolute atomic E-state index is 0.311. The summed E-state index contributed by atoms with van der Waals surface area (Å²) < 4.78 is 0. The second kappa shape index (κ2) is 5.46. The van der Waals surface area contributed by atoms with Crippen molar-refractivity contribution in [2.45, 2.75) is 58.5 Å². The van der Waals surface area contributed by atoms with Gasteiger partial charge in [-0.15, -0.1) is 0 Å². The Morgan fingerprint density at radius 3 is 2.42 bits per heavy atom. The van der Waals surface area contributed by atoms with Crippen LogP contribution in [0.2, 0.25) is 0 Å². The highest BCUT2D eigenvalue weighted by molar-refractivity contribution is 5.88. The minimum Gasteiger partial charge on any atom is -0.298 e. The van der Waals surface area contributed by atoms with Crippen molar-refractivity contribution >= 4 is 5.78 Å². The third-order valence-electron chi connectivity index (χ3n) is 4.32. The first-order chi connectivity index (χ1) is 8.91. The molecule has 2 heteroatoms. The molecule has 2 nitrogen and oxygen atoms in total. The molecule has 0 N–H and O–H groups in total. The zero-order valence-corrected chi connectivity index (χ0v) is 12.6. The van der Waals surface area contributed by atoms with Gasteiger partial charge in [0.05, 0.1) is 5.54 Å². The molecule has 0 aliphatic carbocycles. The number of Topliss-reactive ketones (excluding diaryl/α,β-unsaturated/α-hetero) is 1. The highest BCUT2D eigenvalue weighted by atomic mass is 16.1. The fourth-order valence-electron chi connectivity index (χ4n) is 2.70. The Balaban J connectivity index is 2.10. The molecule has 1 saturated heterocycles. The van der Waals surface area contributed by atoms with Crippen molar-refractivity contribution in [3.63, 3.8) is 0 Å². The van der Waals surface area contributed by atoms with E-state index in [4.69, 9.17) is 0 Å². The van der Waals surface area contributed by atoms with E-state index in [1.54, 1.807) is 0 Å². The average molecular weight is 259 g/mol. The molecule has 1 aromatic rings. The number of carbonyl (C=O) groups is 1. The van der Waals surface area contributed by atoms with Crippen LogP contribution in [-0.2, 0) is 11.3 Å². The van der Waals surface area contributed by atoms with Crippen molar-refractivity contribution in [3.05, 3.63) is 35.4 Å². The molecule has 19 heavy (non-hydrogen) atoms. The van der Waals surface area contributed by atoms with Gasteiger partial charge in [0.25, 0.3) is 0 Å². The summed E-state index contributed by atoms with van der Waals surface area (Å²) in [5.41, 5.74) is 2.36. The Hall–Kier alpha value is -1.15. The topological polar surface area (TPSA) is 20.3 Å². The summed E-state index contributed by atoms with van der Waals surface area (Å²) in [5, 5.41) is 0. The van der Waals surface area contributed by atoms with E-state index in [1.807, 2.05) is 0 Å². The molecule has 104 valence electrons. The Morgan fingerprint density at radius 2 is 1.84 bits per heavy atom. The largest absolute Gasteiger partial charge is 0.298 e. The van der Waals surface area contributed by atoms with E-state index in [1.165, 1.54) is 11.1 Å². The van der Waals surface area contributed by atoms with Crippen molar-refractivity contribution < 1.29 is 4.79 Å². The molecule has 0 saturated carbocycles. The molecule has 0 atom stereocenters. The van der Waals surface area contributed by atoms with Gasteiger partial charge in [-0.05, 0) is 43.9 Å². The second-order valence-corrected chi connectivity index (χ2v) is 6.40. The SMILES string of the molecule is CC(C)c1ccc(CN2CCCC(=O)C2(C)C)cc1. The van der Waals surface area contributed by atoms with Gasteiger partial charge in [-0.2, -0.15) is 0 Å². The summed E-state index contributed by atoms with van der Waals surface area (Å²) in [6.45, 7) is 10.4. The lowest BCUT2D eigenvalue weighted by Crippen LogP contribution is -2.53. The van der Waals surface area contributed by atoms with Crippen LogP contribution in [0.4, 0.5) is 0 Å². The number of nitrogens with zero attached hydrogens (tertiary/aromatic N) is 1. The third-order valence-corrected chi connectivity index (χ3v) is 4.32. The van der Waals surface area contributed by atoms with E-state index in [0.717, 1.165) is 25.9 Å². The molecule has 0 amide bonds. The van der Waals surface area contributed by atoms with Crippen LogP contribution in [0.15, 0.2) is 24.3 Å². The summed E-state index contributed by atoms with van der Waals surface area (Å²) >= 11 is 0. The van der Waals surface area contributed by atoms with Gasteiger partial charge in [0.15, 0.2) is 5.78 Å². The molecule has 1 heterocycles. The van der Waals surface area contributed by atoms with Gasteiger partial charge in [-0.3, -0.25) is 9.69 Å². The molecule has 2 rings (SSSR count). The molecule has 0 radical (unpaired) electrons.